The predicted molar refractivity (Wildman–Crippen MR) is 100 cm³/mol. The molecule has 1 N–H and O–H groups in total. The number of unbranched alkanes of at least 4 members (excludes halogenated alkanes) is 3. The van der Waals surface area contributed by atoms with Gasteiger partial charge in [0.2, 0.25) is 0 Å². The molecule has 2 rings (SSSR count). The maximum Gasteiger partial charge on any atom is 0.161 e. The Balaban J connectivity index is 2.14. The Labute approximate surface area is 147 Å². The first kappa shape index (κ1) is 18.0. The molecule has 0 aliphatic carbocycles. The number of aromatic nitrogens is 1. The van der Waals surface area contributed by atoms with Gasteiger partial charge in [0.05, 0.1) is 18.1 Å². The summed E-state index contributed by atoms with van der Waals surface area (Å²) in [5.74, 6) is 1.63. The molecule has 0 aliphatic heterocycles. The SMILES string of the molecule is CCCCCCOc1ccc(-c2sc(=S)[nH]c2C)cc1OCC. The van der Waals surface area contributed by atoms with E-state index in [-0.39, 0.29) is 0 Å². The molecule has 0 saturated carbocycles. The maximum absolute atomic E-state index is 5.91. The number of hydrogen-bond acceptors (Lipinski definition) is 4. The summed E-state index contributed by atoms with van der Waals surface area (Å²) in [5.41, 5.74) is 2.21. The third kappa shape index (κ3) is 5.08. The molecule has 0 amide bonds. The zero-order chi connectivity index (χ0) is 16.7. The molecule has 126 valence electrons. The Morgan fingerprint density at radius 2 is 1.91 bits per heavy atom. The Morgan fingerprint density at radius 3 is 2.57 bits per heavy atom. The van der Waals surface area contributed by atoms with Gasteiger partial charge in [-0.3, -0.25) is 0 Å². The van der Waals surface area contributed by atoms with Gasteiger partial charge in [0, 0.05) is 5.69 Å². The van der Waals surface area contributed by atoms with Crippen molar-refractivity contribution in [3.8, 4) is 21.9 Å². The van der Waals surface area contributed by atoms with E-state index >= 15 is 0 Å². The molecule has 1 heterocycles. The average molecular weight is 352 g/mol. The molecule has 5 heteroatoms. The van der Waals surface area contributed by atoms with Gasteiger partial charge in [-0.05, 0) is 56.2 Å². The van der Waals surface area contributed by atoms with Gasteiger partial charge in [0.1, 0.15) is 0 Å². The number of hydrogen-bond donors (Lipinski definition) is 1. The standard InChI is InChI=1S/C18H25NO2S2/c1-4-6-7-8-11-21-15-10-9-14(12-16(15)20-5-2)17-13(3)19-18(22)23-17/h9-10,12H,4-8,11H2,1-3H3,(H,19,22). The van der Waals surface area contributed by atoms with Crippen LogP contribution in [0.2, 0.25) is 0 Å². The molecule has 0 aliphatic rings. The minimum atomic E-state index is 0.623. The zero-order valence-corrected chi connectivity index (χ0v) is 15.7. The highest BCUT2D eigenvalue weighted by Gasteiger charge is 2.11. The smallest absolute Gasteiger partial charge is 0.161 e. The molecule has 0 bridgehead atoms. The van der Waals surface area contributed by atoms with E-state index in [2.05, 4.69) is 18.0 Å². The van der Waals surface area contributed by atoms with Crippen LogP contribution in [0, 0.1) is 10.9 Å². The minimum Gasteiger partial charge on any atom is -0.490 e. The van der Waals surface area contributed by atoms with Crippen LogP contribution in [0.1, 0.15) is 45.2 Å². The molecule has 0 atom stereocenters. The lowest BCUT2D eigenvalue weighted by Gasteiger charge is -2.13. The van der Waals surface area contributed by atoms with Gasteiger partial charge >= 0.3 is 0 Å². The van der Waals surface area contributed by atoms with Crippen LogP contribution in [0.15, 0.2) is 18.2 Å². The zero-order valence-electron chi connectivity index (χ0n) is 14.1. The fourth-order valence-electron chi connectivity index (χ4n) is 2.43. The van der Waals surface area contributed by atoms with E-state index in [0.717, 1.165) is 44.6 Å². The lowest BCUT2D eigenvalue weighted by molar-refractivity contribution is 0.270. The first-order valence-corrected chi connectivity index (χ1v) is 9.47. The number of benzene rings is 1. The Hall–Kier alpha value is -1.33. The number of rotatable bonds is 9. The number of ether oxygens (including phenoxy) is 2. The molecule has 0 fully saturated rings. The summed E-state index contributed by atoms with van der Waals surface area (Å²) < 4.78 is 12.5. The Morgan fingerprint density at radius 1 is 1.09 bits per heavy atom. The second-order valence-corrected chi connectivity index (χ2v) is 7.16. The number of nitrogens with one attached hydrogen (secondary N) is 1. The van der Waals surface area contributed by atoms with Crippen LogP contribution in [0.3, 0.4) is 0 Å². The topological polar surface area (TPSA) is 34.2 Å². The molecule has 1 aromatic heterocycles. The molecule has 0 spiro atoms. The van der Waals surface area contributed by atoms with Gasteiger partial charge in [-0.25, -0.2) is 0 Å². The number of aryl methyl sites for hydroxylation is 1. The highest BCUT2D eigenvalue weighted by atomic mass is 32.1. The van der Waals surface area contributed by atoms with E-state index in [9.17, 15) is 0 Å². The highest BCUT2D eigenvalue weighted by Crippen LogP contribution is 2.36. The Bertz CT molecular complexity index is 676. The maximum atomic E-state index is 5.91. The van der Waals surface area contributed by atoms with Crippen LogP contribution in [-0.2, 0) is 0 Å². The van der Waals surface area contributed by atoms with Crippen molar-refractivity contribution < 1.29 is 9.47 Å². The summed E-state index contributed by atoms with van der Waals surface area (Å²) in [4.78, 5) is 4.34. The summed E-state index contributed by atoms with van der Waals surface area (Å²) in [6.07, 6.45) is 4.79. The van der Waals surface area contributed by atoms with Crippen LogP contribution in [0.4, 0.5) is 0 Å². The van der Waals surface area contributed by atoms with Crippen molar-refractivity contribution in [2.75, 3.05) is 13.2 Å². The molecule has 0 unspecified atom stereocenters. The van der Waals surface area contributed by atoms with E-state index in [4.69, 9.17) is 21.7 Å². The van der Waals surface area contributed by atoms with Crippen molar-refractivity contribution in [1.29, 1.82) is 0 Å². The molecule has 0 radical (unpaired) electrons. The van der Waals surface area contributed by atoms with Gasteiger partial charge in [0.25, 0.3) is 0 Å². The van der Waals surface area contributed by atoms with Crippen molar-refractivity contribution in [3.63, 3.8) is 0 Å². The molecular weight excluding hydrogens is 326 g/mol. The van der Waals surface area contributed by atoms with E-state index in [1.807, 2.05) is 26.0 Å². The minimum absolute atomic E-state index is 0.623. The van der Waals surface area contributed by atoms with Crippen LogP contribution in [0.5, 0.6) is 11.5 Å². The fourth-order valence-corrected chi connectivity index (χ4v) is 3.67. The monoisotopic (exact) mass is 351 g/mol. The average Bonchev–Trinajstić information content (AvgIpc) is 2.87. The van der Waals surface area contributed by atoms with Crippen molar-refractivity contribution in [2.45, 2.75) is 46.5 Å². The first-order chi connectivity index (χ1) is 11.2. The number of aromatic amines is 1. The van der Waals surface area contributed by atoms with Gasteiger partial charge in [-0.15, -0.1) is 11.3 Å². The lowest BCUT2D eigenvalue weighted by atomic mass is 10.1. The predicted octanol–water partition coefficient (Wildman–Crippen LogP) is 6.14. The van der Waals surface area contributed by atoms with Crippen LogP contribution in [0.25, 0.3) is 10.4 Å². The normalized spacial score (nSPS) is 10.7. The molecule has 1 aromatic carbocycles. The fraction of sp³-hybridized carbons (Fsp3) is 0.500. The van der Waals surface area contributed by atoms with Crippen LogP contribution < -0.4 is 9.47 Å². The number of thiazole rings is 1. The van der Waals surface area contributed by atoms with Crippen LogP contribution >= 0.6 is 23.6 Å². The quantitative estimate of drug-likeness (QED) is 0.435. The van der Waals surface area contributed by atoms with Gasteiger partial charge in [-0.1, -0.05) is 26.2 Å². The van der Waals surface area contributed by atoms with Gasteiger partial charge in [0.15, 0.2) is 15.5 Å². The van der Waals surface area contributed by atoms with Crippen molar-refractivity contribution in [3.05, 3.63) is 27.8 Å². The molecule has 23 heavy (non-hydrogen) atoms. The molecular formula is C18H25NO2S2. The third-order valence-electron chi connectivity index (χ3n) is 3.59. The van der Waals surface area contributed by atoms with Crippen molar-refractivity contribution >= 4 is 23.6 Å². The largest absolute Gasteiger partial charge is 0.490 e. The van der Waals surface area contributed by atoms with Gasteiger partial charge < -0.3 is 14.5 Å². The summed E-state index contributed by atoms with van der Waals surface area (Å²) in [7, 11) is 0. The third-order valence-corrected chi connectivity index (χ3v) is 4.97. The Kier molecular flexibility index (Phi) is 7.12. The molecule has 2 aromatic rings. The summed E-state index contributed by atoms with van der Waals surface area (Å²) >= 11 is 6.82. The van der Waals surface area contributed by atoms with E-state index < -0.39 is 0 Å². The highest BCUT2D eigenvalue weighted by molar-refractivity contribution is 7.73. The van der Waals surface area contributed by atoms with Gasteiger partial charge in [-0.2, -0.15) is 0 Å². The van der Waals surface area contributed by atoms with E-state index in [1.54, 1.807) is 11.3 Å². The lowest BCUT2D eigenvalue weighted by Crippen LogP contribution is -2.01. The summed E-state index contributed by atoms with van der Waals surface area (Å²) in [5, 5.41) is 0. The second-order valence-electron chi connectivity index (χ2n) is 5.47. The van der Waals surface area contributed by atoms with E-state index in [0.29, 0.717) is 6.61 Å². The van der Waals surface area contributed by atoms with Crippen molar-refractivity contribution in [2.24, 2.45) is 0 Å². The summed E-state index contributed by atoms with van der Waals surface area (Å²) in [6.45, 7) is 7.60. The van der Waals surface area contributed by atoms with E-state index in [1.165, 1.54) is 19.3 Å². The number of H-pyrrole nitrogens is 1. The molecule has 3 nitrogen and oxygen atoms in total. The first-order valence-electron chi connectivity index (χ1n) is 8.25. The van der Waals surface area contributed by atoms with Crippen molar-refractivity contribution in [1.82, 2.24) is 4.98 Å². The molecule has 0 saturated heterocycles. The van der Waals surface area contributed by atoms with Crippen LogP contribution in [-0.4, -0.2) is 18.2 Å². The summed E-state index contributed by atoms with van der Waals surface area (Å²) in [6, 6.07) is 6.13. The second kappa shape index (κ2) is 9.08.